The third kappa shape index (κ3) is 3.62. The van der Waals surface area contributed by atoms with Crippen LogP contribution in [-0.2, 0) is 4.74 Å². The Balaban J connectivity index is 2.98. The van der Waals surface area contributed by atoms with E-state index in [1.165, 1.54) is 0 Å². The van der Waals surface area contributed by atoms with Crippen molar-refractivity contribution in [2.24, 2.45) is 0 Å². The maximum Gasteiger partial charge on any atom is 0.343 e. The zero-order valence-corrected chi connectivity index (χ0v) is 10.4. The molecule has 1 heterocycles. The van der Waals surface area contributed by atoms with E-state index < -0.39 is 5.97 Å². The van der Waals surface area contributed by atoms with Crippen molar-refractivity contribution in [3.05, 3.63) is 17.7 Å². The number of pyridine rings is 1. The number of nitrogens with zero attached hydrogens (tertiary/aromatic N) is 1. The molecule has 1 aromatic heterocycles. The van der Waals surface area contributed by atoms with Gasteiger partial charge in [-0.2, -0.15) is 4.98 Å². The standard InChI is InChI=1S/C12H17NO4/c1-4-15-10-8-7-9(12(14)17-6-3)11(13-10)16-5-2/h7-8H,4-6H2,1-3H3. The van der Waals surface area contributed by atoms with Gasteiger partial charge in [0, 0.05) is 6.07 Å². The molecule has 0 saturated heterocycles. The molecule has 0 radical (unpaired) electrons. The number of hydrogen-bond acceptors (Lipinski definition) is 5. The Kier molecular flexibility index (Phi) is 5.26. The van der Waals surface area contributed by atoms with Crippen molar-refractivity contribution in [2.75, 3.05) is 19.8 Å². The average Bonchev–Trinajstić information content (AvgIpc) is 2.30. The van der Waals surface area contributed by atoms with Gasteiger partial charge >= 0.3 is 5.97 Å². The van der Waals surface area contributed by atoms with Crippen molar-refractivity contribution in [3.8, 4) is 11.8 Å². The monoisotopic (exact) mass is 239 g/mol. The zero-order chi connectivity index (χ0) is 12.7. The van der Waals surface area contributed by atoms with E-state index >= 15 is 0 Å². The van der Waals surface area contributed by atoms with Crippen LogP contribution in [0.2, 0.25) is 0 Å². The summed E-state index contributed by atoms with van der Waals surface area (Å²) >= 11 is 0. The minimum atomic E-state index is -0.438. The molecule has 0 aliphatic rings. The fourth-order valence-electron chi connectivity index (χ4n) is 1.26. The molecule has 0 aromatic carbocycles. The van der Waals surface area contributed by atoms with E-state index in [1.807, 2.05) is 13.8 Å². The first-order valence-corrected chi connectivity index (χ1v) is 5.66. The van der Waals surface area contributed by atoms with Crippen LogP contribution >= 0.6 is 0 Å². The number of ether oxygens (including phenoxy) is 3. The van der Waals surface area contributed by atoms with Gasteiger partial charge in [0.1, 0.15) is 5.56 Å². The Hall–Kier alpha value is -1.78. The molecule has 0 aliphatic heterocycles. The van der Waals surface area contributed by atoms with Crippen LogP contribution in [0.25, 0.3) is 0 Å². The summed E-state index contributed by atoms with van der Waals surface area (Å²) in [5.74, 6) is 0.243. The molecule has 5 heteroatoms. The normalized spacial score (nSPS) is 9.82. The molecule has 0 amide bonds. The van der Waals surface area contributed by atoms with Crippen molar-refractivity contribution >= 4 is 5.97 Å². The summed E-state index contributed by atoms with van der Waals surface area (Å²) in [6.07, 6.45) is 0. The lowest BCUT2D eigenvalue weighted by molar-refractivity contribution is 0.0520. The van der Waals surface area contributed by atoms with Gasteiger partial charge < -0.3 is 14.2 Å². The maximum absolute atomic E-state index is 11.6. The molecule has 5 nitrogen and oxygen atoms in total. The number of esters is 1. The smallest absolute Gasteiger partial charge is 0.343 e. The van der Waals surface area contributed by atoms with Crippen molar-refractivity contribution in [2.45, 2.75) is 20.8 Å². The Morgan fingerprint density at radius 3 is 2.41 bits per heavy atom. The number of hydrogen-bond donors (Lipinski definition) is 0. The van der Waals surface area contributed by atoms with Crippen molar-refractivity contribution in [3.63, 3.8) is 0 Å². The molecule has 1 rings (SSSR count). The molecule has 0 atom stereocenters. The van der Waals surface area contributed by atoms with Gasteiger partial charge in [0.2, 0.25) is 11.8 Å². The van der Waals surface area contributed by atoms with Gasteiger partial charge in [-0.15, -0.1) is 0 Å². The third-order valence-electron chi connectivity index (χ3n) is 1.90. The molecule has 1 aromatic rings. The van der Waals surface area contributed by atoms with E-state index in [-0.39, 0.29) is 5.88 Å². The molecule has 0 unspecified atom stereocenters. The summed E-state index contributed by atoms with van der Waals surface area (Å²) in [4.78, 5) is 15.7. The van der Waals surface area contributed by atoms with Gasteiger partial charge in [-0.3, -0.25) is 0 Å². The highest BCUT2D eigenvalue weighted by atomic mass is 16.5. The van der Waals surface area contributed by atoms with E-state index in [1.54, 1.807) is 19.1 Å². The summed E-state index contributed by atoms with van der Waals surface area (Å²) < 4.78 is 15.5. The fraction of sp³-hybridized carbons (Fsp3) is 0.500. The highest BCUT2D eigenvalue weighted by Crippen LogP contribution is 2.21. The van der Waals surface area contributed by atoms with Gasteiger partial charge in [0.15, 0.2) is 0 Å². The Morgan fingerprint density at radius 2 is 1.82 bits per heavy atom. The number of rotatable bonds is 6. The summed E-state index contributed by atoms with van der Waals surface area (Å²) in [7, 11) is 0. The number of carbonyl (C=O) groups is 1. The highest BCUT2D eigenvalue weighted by Gasteiger charge is 2.16. The maximum atomic E-state index is 11.6. The van der Waals surface area contributed by atoms with Crippen molar-refractivity contribution in [1.82, 2.24) is 4.98 Å². The van der Waals surface area contributed by atoms with E-state index in [2.05, 4.69) is 4.98 Å². The minimum absolute atomic E-state index is 0.247. The lowest BCUT2D eigenvalue weighted by Gasteiger charge is -2.10. The van der Waals surface area contributed by atoms with Crippen LogP contribution in [-0.4, -0.2) is 30.8 Å². The van der Waals surface area contributed by atoms with E-state index in [9.17, 15) is 4.79 Å². The molecule has 0 spiro atoms. The van der Waals surface area contributed by atoms with Gasteiger partial charge in [0.25, 0.3) is 0 Å². The predicted molar refractivity (Wildman–Crippen MR) is 62.5 cm³/mol. The third-order valence-corrected chi connectivity index (χ3v) is 1.90. The summed E-state index contributed by atoms with van der Waals surface area (Å²) in [5, 5.41) is 0. The van der Waals surface area contributed by atoms with E-state index in [0.29, 0.717) is 31.3 Å². The van der Waals surface area contributed by atoms with Crippen LogP contribution in [0, 0.1) is 0 Å². The molecule has 0 bridgehead atoms. The predicted octanol–water partition coefficient (Wildman–Crippen LogP) is 2.06. The second-order valence-corrected chi connectivity index (χ2v) is 3.09. The van der Waals surface area contributed by atoms with E-state index in [4.69, 9.17) is 14.2 Å². The van der Waals surface area contributed by atoms with Gasteiger partial charge in [0.05, 0.1) is 19.8 Å². The van der Waals surface area contributed by atoms with Crippen LogP contribution in [0.1, 0.15) is 31.1 Å². The van der Waals surface area contributed by atoms with Crippen LogP contribution in [0.5, 0.6) is 11.8 Å². The summed E-state index contributed by atoms with van der Waals surface area (Å²) in [6.45, 7) is 6.69. The molecule has 0 N–H and O–H groups in total. The molecular weight excluding hydrogens is 222 g/mol. The lowest BCUT2D eigenvalue weighted by Crippen LogP contribution is -2.09. The molecular formula is C12H17NO4. The second-order valence-electron chi connectivity index (χ2n) is 3.09. The number of carbonyl (C=O) groups excluding carboxylic acids is 1. The highest BCUT2D eigenvalue weighted by molar-refractivity contribution is 5.91. The lowest BCUT2D eigenvalue weighted by atomic mass is 10.2. The SMILES string of the molecule is CCOC(=O)c1ccc(OCC)nc1OCC. The van der Waals surface area contributed by atoms with Crippen molar-refractivity contribution < 1.29 is 19.0 Å². The van der Waals surface area contributed by atoms with Crippen LogP contribution in [0.3, 0.4) is 0 Å². The van der Waals surface area contributed by atoms with E-state index in [0.717, 1.165) is 0 Å². The molecule has 17 heavy (non-hydrogen) atoms. The quantitative estimate of drug-likeness (QED) is 0.711. The number of aromatic nitrogens is 1. The molecule has 94 valence electrons. The Bertz CT molecular complexity index is 379. The van der Waals surface area contributed by atoms with Gasteiger partial charge in [-0.05, 0) is 26.8 Å². The van der Waals surface area contributed by atoms with Crippen LogP contribution < -0.4 is 9.47 Å². The Labute approximate surface area is 101 Å². The van der Waals surface area contributed by atoms with Crippen molar-refractivity contribution in [1.29, 1.82) is 0 Å². The zero-order valence-electron chi connectivity index (χ0n) is 10.4. The fourth-order valence-corrected chi connectivity index (χ4v) is 1.26. The first kappa shape index (κ1) is 13.3. The summed E-state index contributed by atoms with van der Waals surface area (Å²) in [5.41, 5.74) is 0.317. The molecule has 0 saturated carbocycles. The van der Waals surface area contributed by atoms with Crippen LogP contribution in [0.4, 0.5) is 0 Å². The molecule has 0 fully saturated rings. The second kappa shape index (κ2) is 6.73. The minimum Gasteiger partial charge on any atom is -0.478 e. The van der Waals surface area contributed by atoms with Gasteiger partial charge in [-0.1, -0.05) is 0 Å². The first-order valence-electron chi connectivity index (χ1n) is 5.66. The van der Waals surface area contributed by atoms with Crippen LogP contribution in [0.15, 0.2) is 12.1 Å². The summed E-state index contributed by atoms with van der Waals surface area (Å²) in [6, 6.07) is 3.22. The Morgan fingerprint density at radius 1 is 1.12 bits per heavy atom. The molecule has 0 aliphatic carbocycles. The van der Waals surface area contributed by atoms with Gasteiger partial charge in [-0.25, -0.2) is 4.79 Å². The first-order chi connectivity index (χ1) is 8.22. The average molecular weight is 239 g/mol. The topological polar surface area (TPSA) is 57.7 Å². The largest absolute Gasteiger partial charge is 0.478 e.